The Kier molecular flexibility index (Phi) is 7.13. The van der Waals surface area contributed by atoms with Gasteiger partial charge in [0.2, 0.25) is 5.91 Å². The lowest BCUT2D eigenvalue weighted by atomic mass is 10.1. The van der Waals surface area contributed by atoms with E-state index in [0.717, 1.165) is 41.8 Å². The van der Waals surface area contributed by atoms with Gasteiger partial charge < -0.3 is 10.1 Å². The fourth-order valence-corrected chi connectivity index (χ4v) is 6.04. The lowest BCUT2D eigenvalue weighted by Gasteiger charge is -2.12. The van der Waals surface area contributed by atoms with E-state index >= 15 is 0 Å². The molecular weight excluding hydrogens is 466 g/mol. The Hall–Kier alpha value is -2.42. The van der Waals surface area contributed by atoms with Gasteiger partial charge in [-0.15, -0.1) is 0 Å². The minimum atomic E-state index is -1.60. The maximum Gasteiger partial charge on any atom is 0.229 e. The number of aryl methyl sites for hydroxylation is 1. The first-order chi connectivity index (χ1) is 15.5. The Morgan fingerprint density at radius 3 is 2.69 bits per heavy atom. The molecule has 1 amide bonds. The number of benzene rings is 2. The average molecular weight is 490 g/mol. The summed E-state index contributed by atoms with van der Waals surface area (Å²) in [5.41, 5.74) is 2.23. The minimum Gasteiger partial charge on any atom is -0.495 e. The molecule has 0 radical (unpaired) electrons. The summed E-state index contributed by atoms with van der Waals surface area (Å²) in [4.78, 5) is 18.4. The Morgan fingerprint density at radius 1 is 1.22 bits per heavy atom. The van der Waals surface area contributed by atoms with Crippen molar-refractivity contribution in [2.45, 2.75) is 37.5 Å². The molecule has 0 bridgehead atoms. The minimum absolute atomic E-state index is 0.0447. The summed E-state index contributed by atoms with van der Waals surface area (Å²) < 4.78 is 21.5. The molecule has 1 aromatic heterocycles. The molecule has 0 aliphatic heterocycles. The number of nitrogens with zero attached hydrogens (tertiary/aromatic N) is 1. The molecular formula is C23H24ClN3O3S2. The lowest BCUT2D eigenvalue weighted by molar-refractivity contribution is -0.119. The van der Waals surface area contributed by atoms with E-state index in [-0.39, 0.29) is 11.8 Å². The maximum atomic E-state index is 13.1. The van der Waals surface area contributed by atoms with Crippen LogP contribution in [0.15, 0.2) is 47.4 Å². The first-order valence-corrected chi connectivity index (χ1v) is 12.7. The van der Waals surface area contributed by atoms with Crippen LogP contribution in [0.2, 0.25) is 5.02 Å². The molecule has 2 aromatic carbocycles. The van der Waals surface area contributed by atoms with Crippen molar-refractivity contribution < 1.29 is 13.7 Å². The van der Waals surface area contributed by atoms with Gasteiger partial charge in [-0.2, -0.15) is 0 Å². The zero-order valence-electron chi connectivity index (χ0n) is 17.8. The summed E-state index contributed by atoms with van der Waals surface area (Å²) in [7, 11) is -0.0543. The Balaban J connectivity index is 1.59. The molecule has 1 unspecified atom stereocenters. The number of rotatable bonds is 7. The second kappa shape index (κ2) is 10.0. The van der Waals surface area contributed by atoms with Gasteiger partial charge in [0.25, 0.3) is 0 Å². The molecule has 1 heterocycles. The number of methoxy groups -OCH3 is 1. The average Bonchev–Trinajstić information content (AvgIpc) is 3.45. The van der Waals surface area contributed by atoms with Gasteiger partial charge in [0.05, 0.1) is 28.4 Å². The van der Waals surface area contributed by atoms with Gasteiger partial charge in [-0.1, -0.05) is 47.9 Å². The first kappa shape index (κ1) is 22.8. The highest BCUT2D eigenvalue weighted by Gasteiger charge is 2.24. The smallest absolute Gasteiger partial charge is 0.229 e. The van der Waals surface area contributed by atoms with Gasteiger partial charge in [0, 0.05) is 5.92 Å². The number of hydrogen-bond acceptors (Lipinski definition) is 5. The van der Waals surface area contributed by atoms with E-state index in [1.165, 1.54) is 11.3 Å². The first-order valence-electron chi connectivity index (χ1n) is 10.4. The van der Waals surface area contributed by atoms with Crippen LogP contribution in [0, 0.1) is 12.8 Å². The number of thiazole rings is 1. The number of para-hydroxylation sites is 1. The SMILES string of the molecule is COc1ccc(-c2sc(NC(=O)C3CCCC3)nc2C)cc1S(=O)Nc1ccccc1Cl. The van der Waals surface area contributed by atoms with Gasteiger partial charge in [-0.25, -0.2) is 9.19 Å². The molecule has 1 aliphatic rings. The van der Waals surface area contributed by atoms with E-state index in [9.17, 15) is 9.00 Å². The zero-order valence-corrected chi connectivity index (χ0v) is 20.2. The number of carbonyl (C=O) groups excluding carboxylic acids is 1. The van der Waals surface area contributed by atoms with Crippen molar-refractivity contribution in [2.75, 3.05) is 17.1 Å². The normalized spacial score (nSPS) is 14.8. The van der Waals surface area contributed by atoms with Crippen LogP contribution in [0.25, 0.3) is 10.4 Å². The number of aromatic nitrogens is 1. The molecule has 1 saturated carbocycles. The molecule has 4 rings (SSSR count). The highest BCUT2D eigenvalue weighted by Crippen LogP contribution is 2.37. The van der Waals surface area contributed by atoms with Crippen molar-refractivity contribution in [3.05, 3.63) is 53.2 Å². The number of carbonyl (C=O) groups is 1. The van der Waals surface area contributed by atoms with E-state index in [2.05, 4.69) is 15.0 Å². The summed E-state index contributed by atoms with van der Waals surface area (Å²) in [5.74, 6) is 0.625. The van der Waals surface area contributed by atoms with Gasteiger partial charge in [-0.05, 0) is 55.7 Å². The summed E-state index contributed by atoms with van der Waals surface area (Å²) >= 11 is 7.62. The number of ether oxygens (including phenoxy) is 1. The quantitative estimate of drug-likeness (QED) is 0.423. The summed E-state index contributed by atoms with van der Waals surface area (Å²) in [5, 5.41) is 4.04. The van der Waals surface area contributed by atoms with Crippen molar-refractivity contribution in [3.8, 4) is 16.2 Å². The number of nitrogens with one attached hydrogen (secondary N) is 2. The molecule has 32 heavy (non-hydrogen) atoms. The zero-order chi connectivity index (χ0) is 22.7. The molecule has 0 spiro atoms. The molecule has 0 saturated heterocycles. The second-order valence-corrected chi connectivity index (χ2v) is 10.2. The second-order valence-electron chi connectivity index (χ2n) is 7.62. The number of hydrogen-bond donors (Lipinski definition) is 2. The van der Waals surface area contributed by atoms with E-state index in [4.69, 9.17) is 16.3 Å². The van der Waals surface area contributed by atoms with Crippen LogP contribution >= 0.6 is 22.9 Å². The molecule has 1 aliphatic carbocycles. The topological polar surface area (TPSA) is 80.3 Å². The monoisotopic (exact) mass is 489 g/mol. The Bertz CT molecular complexity index is 1160. The lowest BCUT2D eigenvalue weighted by Crippen LogP contribution is -2.20. The van der Waals surface area contributed by atoms with E-state index < -0.39 is 11.0 Å². The summed E-state index contributed by atoms with van der Waals surface area (Å²) in [6.45, 7) is 1.90. The van der Waals surface area contributed by atoms with E-state index in [1.54, 1.807) is 25.3 Å². The third-order valence-electron chi connectivity index (χ3n) is 5.45. The van der Waals surface area contributed by atoms with Gasteiger partial charge in [0.15, 0.2) is 16.1 Å². The van der Waals surface area contributed by atoms with Crippen LogP contribution in [-0.4, -0.2) is 22.2 Å². The molecule has 9 heteroatoms. The van der Waals surface area contributed by atoms with Crippen molar-refractivity contribution >= 4 is 50.6 Å². The van der Waals surface area contributed by atoms with Crippen LogP contribution < -0.4 is 14.8 Å². The van der Waals surface area contributed by atoms with E-state index in [0.29, 0.717) is 26.5 Å². The number of halogens is 1. The predicted octanol–water partition coefficient (Wildman–Crippen LogP) is 6.04. The number of amides is 1. The molecule has 1 fully saturated rings. The fourth-order valence-electron chi connectivity index (χ4n) is 3.77. The van der Waals surface area contributed by atoms with Gasteiger partial charge >= 0.3 is 0 Å². The molecule has 2 N–H and O–H groups in total. The van der Waals surface area contributed by atoms with Crippen molar-refractivity contribution in [1.29, 1.82) is 0 Å². The van der Waals surface area contributed by atoms with Gasteiger partial charge in [0.1, 0.15) is 10.6 Å². The van der Waals surface area contributed by atoms with Gasteiger partial charge in [-0.3, -0.25) is 9.52 Å². The Labute approximate surface area is 199 Å². The fraction of sp³-hybridized carbons (Fsp3) is 0.304. The standard InChI is InChI=1S/C23H24ClN3O3S2/c1-14-21(31-23(25-14)26-22(28)15-7-3-4-8-15)16-11-12-19(30-2)20(13-16)32(29)27-18-10-6-5-9-17(18)24/h5-6,9-13,15,27H,3-4,7-8H2,1-2H3,(H,25,26,28). The predicted molar refractivity (Wildman–Crippen MR) is 131 cm³/mol. The third-order valence-corrected chi connectivity index (χ3v) is 8.03. The third kappa shape index (κ3) is 4.98. The number of anilines is 2. The van der Waals surface area contributed by atoms with Crippen molar-refractivity contribution in [3.63, 3.8) is 0 Å². The van der Waals surface area contributed by atoms with Crippen LogP contribution in [0.4, 0.5) is 10.8 Å². The molecule has 1 atom stereocenters. The summed E-state index contributed by atoms with van der Waals surface area (Å²) in [6, 6.07) is 12.6. The van der Waals surface area contributed by atoms with Crippen molar-refractivity contribution in [1.82, 2.24) is 4.98 Å². The highest BCUT2D eigenvalue weighted by atomic mass is 35.5. The molecule has 6 nitrogen and oxygen atoms in total. The highest BCUT2D eigenvalue weighted by molar-refractivity contribution is 7.86. The van der Waals surface area contributed by atoms with Crippen molar-refractivity contribution in [2.24, 2.45) is 5.92 Å². The largest absolute Gasteiger partial charge is 0.495 e. The van der Waals surface area contributed by atoms with Crippen LogP contribution in [-0.2, 0) is 15.8 Å². The molecule has 3 aromatic rings. The summed E-state index contributed by atoms with van der Waals surface area (Å²) in [6.07, 6.45) is 4.09. The van der Waals surface area contributed by atoms with Crippen LogP contribution in [0.3, 0.4) is 0 Å². The van der Waals surface area contributed by atoms with Crippen LogP contribution in [0.5, 0.6) is 5.75 Å². The molecule has 168 valence electrons. The Morgan fingerprint density at radius 2 is 1.97 bits per heavy atom. The van der Waals surface area contributed by atoms with Crippen LogP contribution in [0.1, 0.15) is 31.4 Å². The van der Waals surface area contributed by atoms with E-state index in [1.807, 2.05) is 31.2 Å². The maximum absolute atomic E-state index is 13.1.